The third-order valence-electron chi connectivity index (χ3n) is 2.95. The molecule has 21 heavy (non-hydrogen) atoms. The Morgan fingerprint density at radius 2 is 2.33 bits per heavy atom. The number of hydrogen-bond acceptors (Lipinski definition) is 4. The van der Waals surface area contributed by atoms with Crippen LogP contribution in [0.5, 0.6) is 0 Å². The Morgan fingerprint density at radius 3 is 3.00 bits per heavy atom. The number of nitrogens with zero attached hydrogens (tertiary/aromatic N) is 2. The lowest BCUT2D eigenvalue weighted by Crippen LogP contribution is -2.27. The van der Waals surface area contributed by atoms with Gasteiger partial charge in [-0.05, 0) is 23.9 Å². The minimum atomic E-state index is -0.509. The summed E-state index contributed by atoms with van der Waals surface area (Å²) in [4.78, 5) is 19.1. The van der Waals surface area contributed by atoms with Gasteiger partial charge in [-0.25, -0.2) is 9.37 Å². The maximum atomic E-state index is 13.4. The quantitative estimate of drug-likeness (QED) is 0.890. The highest BCUT2D eigenvalue weighted by molar-refractivity contribution is 7.09. The standard InChI is InChI=1S/C15H18FN3OS/c1-3-6-17-14-13(8-11(16)9-18-14)15(20)19(2)10-12-5-4-7-21-12/h4-5,7-9H,3,6,10H2,1-2H3,(H,17,18). The zero-order chi connectivity index (χ0) is 15.2. The average Bonchev–Trinajstić information content (AvgIpc) is 2.98. The van der Waals surface area contributed by atoms with Crippen molar-refractivity contribution in [3.8, 4) is 0 Å². The Hall–Kier alpha value is -1.95. The van der Waals surface area contributed by atoms with Crippen molar-refractivity contribution in [1.29, 1.82) is 0 Å². The number of carbonyl (C=O) groups excluding carboxylic acids is 1. The Kier molecular flexibility index (Phi) is 5.27. The number of rotatable bonds is 6. The fourth-order valence-corrected chi connectivity index (χ4v) is 2.66. The second kappa shape index (κ2) is 7.17. The van der Waals surface area contributed by atoms with Crippen LogP contribution in [0.15, 0.2) is 29.8 Å². The number of carbonyl (C=O) groups is 1. The van der Waals surface area contributed by atoms with Gasteiger partial charge < -0.3 is 10.2 Å². The molecule has 112 valence electrons. The predicted molar refractivity (Wildman–Crippen MR) is 83.1 cm³/mol. The first-order valence-corrected chi connectivity index (χ1v) is 7.67. The second-order valence-electron chi connectivity index (χ2n) is 4.72. The van der Waals surface area contributed by atoms with Crippen LogP contribution in [0.4, 0.5) is 10.2 Å². The smallest absolute Gasteiger partial charge is 0.257 e. The second-order valence-corrected chi connectivity index (χ2v) is 5.75. The van der Waals surface area contributed by atoms with Gasteiger partial charge in [0, 0.05) is 18.5 Å². The van der Waals surface area contributed by atoms with E-state index in [0.29, 0.717) is 18.9 Å². The molecule has 1 N–H and O–H groups in total. The van der Waals surface area contributed by atoms with Gasteiger partial charge in [-0.15, -0.1) is 11.3 Å². The number of amides is 1. The van der Waals surface area contributed by atoms with Crippen LogP contribution in [-0.4, -0.2) is 29.4 Å². The zero-order valence-corrected chi connectivity index (χ0v) is 12.9. The molecular formula is C15H18FN3OS. The van der Waals surface area contributed by atoms with Gasteiger partial charge in [0.1, 0.15) is 11.6 Å². The summed E-state index contributed by atoms with van der Waals surface area (Å²) in [6.07, 6.45) is 2.02. The Bertz CT molecular complexity index is 601. The summed E-state index contributed by atoms with van der Waals surface area (Å²) >= 11 is 1.59. The summed E-state index contributed by atoms with van der Waals surface area (Å²) in [6, 6.07) is 5.14. The maximum absolute atomic E-state index is 13.4. The summed E-state index contributed by atoms with van der Waals surface area (Å²) in [5.74, 6) is -0.319. The molecule has 0 unspecified atom stereocenters. The van der Waals surface area contributed by atoms with Crippen LogP contribution in [0.25, 0.3) is 0 Å². The van der Waals surface area contributed by atoms with Gasteiger partial charge in [-0.3, -0.25) is 4.79 Å². The maximum Gasteiger partial charge on any atom is 0.257 e. The molecule has 2 heterocycles. The van der Waals surface area contributed by atoms with Crippen LogP contribution in [0.1, 0.15) is 28.6 Å². The number of halogens is 1. The Morgan fingerprint density at radius 1 is 1.52 bits per heavy atom. The van der Waals surface area contributed by atoms with E-state index in [1.807, 2.05) is 24.4 Å². The average molecular weight is 307 g/mol. The van der Waals surface area contributed by atoms with Gasteiger partial charge in [0.05, 0.1) is 18.3 Å². The van der Waals surface area contributed by atoms with Crippen molar-refractivity contribution in [1.82, 2.24) is 9.88 Å². The molecule has 0 radical (unpaired) electrons. The van der Waals surface area contributed by atoms with Crippen molar-refractivity contribution < 1.29 is 9.18 Å². The Balaban J connectivity index is 2.18. The monoisotopic (exact) mass is 307 g/mol. The molecule has 1 amide bonds. The van der Waals surface area contributed by atoms with E-state index in [0.717, 1.165) is 17.5 Å². The molecule has 0 aliphatic heterocycles. The number of nitrogens with one attached hydrogen (secondary N) is 1. The molecule has 0 atom stereocenters. The molecule has 2 aromatic rings. The molecule has 0 aliphatic rings. The first-order valence-electron chi connectivity index (χ1n) is 6.79. The summed E-state index contributed by atoms with van der Waals surface area (Å²) in [5.41, 5.74) is 0.266. The molecule has 0 spiro atoms. The predicted octanol–water partition coefficient (Wildman–Crippen LogP) is 3.38. The molecule has 0 saturated carbocycles. The van der Waals surface area contributed by atoms with Crippen molar-refractivity contribution in [2.75, 3.05) is 18.9 Å². The van der Waals surface area contributed by atoms with Crippen LogP contribution in [0.3, 0.4) is 0 Å². The fraction of sp³-hybridized carbons (Fsp3) is 0.333. The van der Waals surface area contributed by atoms with E-state index in [2.05, 4.69) is 10.3 Å². The van der Waals surface area contributed by atoms with Gasteiger partial charge >= 0.3 is 0 Å². The van der Waals surface area contributed by atoms with Gasteiger partial charge in [0.15, 0.2) is 0 Å². The number of thiophene rings is 1. The zero-order valence-electron chi connectivity index (χ0n) is 12.1. The molecule has 4 nitrogen and oxygen atoms in total. The van der Waals surface area contributed by atoms with E-state index in [9.17, 15) is 9.18 Å². The lowest BCUT2D eigenvalue weighted by molar-refractivity contribution is 0.0786. The van der Waals surface area contributed by atoms with Crippen molar-refractivity contribution >= 4 is 23.1 Å². The van der Waals surface area contributed by atoms with E-state index >= 15 is 0 Å². The van der Waals surface area contributed by atoms with E-state index < -0.39 is 5.82 Å². The minimum absolute atomic E-state index is 0.242. The molecule has 0 aliphatic carbocycles. The molecule has 0 aromatic carbocycles. The molecular weight excluding hydrogens is 289 g/mol. The normalized spacial score (nSPS) is 10.4. The van der Waals surface area contributed by atoms with Crippen LogP contribution < -0.4 is 5.32 Å². The first-order chi connectivity index (χ1) is 10.1. The number of aromatic nitrogens is 1. The molecule has 0 fully saturated rings. The van der Waals surface area contributed by atoms with Crippen LogP contribution in [0, 0.1) is 5.82 Å². The molecule has 6 heteroatoms. The van der Waals surface area contributed by atoms with Crippen LogP contribution in [0.2, 0.25) is 0 Å². The Labute approximate surface area is 127 Å². The fourth-order valence-electron chi connectivity index (χ4n) is 1.90. The van der Waals surface area contributed by atoms with Crippen LogP contribution >= 0.6 is 11.3 Å². The molecule has 2 aromatic heterocycles. The number of anilines is 1. The van der Waals surface area contributed by atoms with E-state index in [-0.39, 0.29) is 11.5 Å². The molecule has 0 saturated heterocycles. The van der Waals surface area contributed by atoms with E-state index in [1.165, 1.54) is 6.07 Å². The van der Waals surface area contributed by atoms with Gasteiger partial charge in [-0.1, -0.05) is 13.0 Å². The third-order valence-corrected chi connectivity index (χ3v) is 3.81. The van der Waals surface area contributed by atoms with Gasteiger partial charge in [-0.2, -0.15) is 0 Å². The highest BCUT2D eigenvalue weighted by atomic mass is 32.1. The molecule has 0 bridgehead atoms. The highest BCUT2D eigenvalue weighted by Crippen LogP contribution is 2.18. The highest BCUT2D eigenvalue weighted by Gasteiger charge is 2.18. The van der Waals surface area contributed by atoms with Crippen molar-refractivity contribution in [2.45, 2.75) is 19.9 Å². The summed E-state index contributed by atoms with van der Waals surface area (Å²) < 4.78 is 13.4. The SMILES string of the molecule is CCCNc1ncc(F)cc1C(=O)N(C)Cc1cccs1. The lowest BCUT2D eigenvalue weighted by atomic mass is 10.2. The van der Waals surface area contributed by atoms with E-state index in [4.69, 9.17) is 0 Å². The summed E-state index contributed by atoms with van der Waals surface area (Å²) in [7, 11) is 1.70. The first kappa shape index (κ1) is 15.4. The van der Waals surface area contributed by atoms with Crippen molar-refractivity contribution in [3.05, 3.63) is 46.0 Å². The van der Waals surface area contributed by atoms with Crippen molar-refractivity contribution in [3.63, 3.8) is 0 Å². The van der Waals surface area contributed by atoms with Gasteiger partial charge in [0.25, 0.3) is 5.91 Å². The topological polar surface area (TPSA) is 45.2 Å². The minimum Gasteiger partial charge on any atom is -0.369 e. The van der Waals surface area contributed by atoms with E-state index in [1.54, 1.807) is 23.3 Å². The van der Waals surface area contributed by atoms with Gasteiger partial charge in [0.2, 0.25) is 0 Å². The summed E-state index contributed by atoms with van der Waals surface area (Å²) in [6.45, 7) is 3.20. The lowest BCUT2D eigenvalue weighted by Gasteiger charge is -2.18. The largest absolute Gasteiger partial charge is 0.369 e. The number of pyridine rings is 1. The van der Waals surface area contributed by atoms with Crippen LogP contribution in [-0.2, 0) is 6.54 Å². The summed E-state index contributed by atoms with van der Waals surface area (Å²) in [5, 5.41) is 5.03. The van der Waals surface area contributed by atoms with Crippen molar-refractivity contribution in [2.24, 2.45) is 0 Å². The molecule has 2 rings (SSSR count). The number of hydrogen-bond donors (Lipinski definition) is 1. The third kappa shape index (κ3) is 4.01.